The number of anilines is 1. The zero-order valence-electron chi connectivity index (χ0n) is 11.5. The molecule has 0 aliphatic carbocycles. The standard InChI is InChI=1S/C13H15F3N2O3/c1-7(2)5-18(6-11(19)20)13(21)17-12-9(15)3-8(14)4-10(12)16/h3-4,7H,5-6H2,1-2H3,(H,17,21)(H,19,20). The van der Waals surface area contributed by atoms with Gasteiger partial charge in [-0.2, -0.15) is 0 Å². The van der Waals surface area contributed by atoms with E-state index in [9.17, 15) is 22.8 Å². The fourth-order valence-electron chi connectivity index (χ4n) is 1.67. The van der Waals surface area contributed by atoms with Gasteiger partial charge in [0.05, 0.1) is 0 Å². The van der Waals surface area contributed by atoms with Crippen molar-refractivity contribution < 1.29 is 27.9 Å². The van der Waals surface area contributed by atoms with Crippen LogP contribution in [0, 0.1) is 23.4 Å². The summed E-state index contributed by atoms with van der Waals surface area (Å²) in [6, 6.07) is -0.138. The molecule has 0 heterocycles. The number of halogens is 3. The molecule has 0 atom stereocenters. The number of rotatable bonds is 5. The van der Waals surface area contributed by atoms with E-state index < -0.39 is 41.7 Å². The van der Waals surface area contributed by atoms with Crippen LogP contribution in [-0.4, -0.2) is 35.1 Å². The molecule has 1 aromatic carbocycles. The molecule has 2 N–H and O–H groups in total. The summed E-state index contributed by atoms with van der Waals surface area (Å²) in [5.41, 5.74) is -0.819. The molecule has 1 rings (SSSR count). The van der Waals surface area contributed by atoms with E-state index in [4.69, 9.17) is 5.11 Å². The highest BCUT2D eigenvalue weighted by Gasteiger charge is 2.21. The molecule has 0 aliphatic rings. The first-order chi connectivity index (χ1) is 9.70. The van der Waals surface area contributed by atoms with Gasteiger partial charge in [0.15, 0.2) is 11.6 Å². The zero-order valence-corrected chi connectivity index (χ0v) is 11.5. The molecule has 116 valence electrons. The van der Waals surface area contributed by atoms with Crippen molar-refractivity contribution in [3.8, 4) is 0 Å². The molecule has 5 nitrogen and oxygen atoms in total. The van der Waals surface area contributed by atoms with Crippen molar-refractivity contribution in [2.75, 3.05) is 18.4 Å². The number of benzene rings is 1. The highest BCUT2D eigenvalue weighted by molar-refractivity contribution is 5.91. The van der Waals surface area contributed by atoms with Crippen molar-refractivity contribution in [2.24, 2.45) is 5.92 Å². The van der Waals surface area contributed by atoms with Gasteiger partial charge < -0.3 is 15.3 Å². The van der Waals surface area contributed by atoms with Gasteiger partial charge in [-0.15, -0.1) is 0 Å². The number of carboxylic acids is 1. The molecule has 0 aromatic heterocycles. The average Bonchev–Trinajstić information content (AvgIpc) is 2.31. The number of carbonyl (C=O) groups excluding carboxylic acids is 1. The van der Waals surface area contributed by atoms with Crippen molar-refractivity contribution >= 4 is 17.7 Å². The average molecular weight is 304 g/mol. The number of aliphatic carboxylic acids is 1. The third kappa shape index (κ3) is 4.97. The lowest BCUT2D eigenvalue weighted by Gasteiger charge is -2.23. The van der Waals surface area contributed by atoms with Gasteiger partial charge in [-0.25, -0.2) is 18.0 Å². The SMILES string of the molecule is CC(C)CN(CC(=O)O)C(=O)Nc1c(F)cc(F)cc1F. The van der Waals surface area contributed by atoms with Gasteiger partial charge in [0.2, 0.25) is 0 Å². The van der Waals surface area contributed by atoms with Crippen molar-refractivity contribution in [1.82, 2.24) is 4.90 Å². The first-order valence-electron chi connectivity index (χ1n) is 6.13. The molecule has 8 heteroatoms. The molecule has 0 saturated carbocycles. The van der Waals surface area contributed by atoms with Crippen LogP contribution >= 0.6 is 0 Å². The number of urea groups is 1. The van der Waals surface area contributed by atoms with Gasteiger partial charge in [0, 0.05) is 18.7 Å². The number of hydrogen-bond acceptors (Lipinski definition) is 2. The summed E-state index contributed by atoms with van der Waals surface area (Å²) in [6.07, 6.45) is 0. The Hall–Kier alpha value is -2.25. The Morgan fingerprint density at radius 3 is 2.19 bits per heavy atom. The predicted molar refractivity (Wildman–Crippen MR) is 69.4 cm³/mol. The Labute approximate surface area is 119 Å². The second-order valence-electron chi connectivity index (χ2n) is 4.84. The molecular weight excluding hydrogens is 289 g/mol. The Morgan fingerprint density at radius 1 is 1.24 bits per heavy atom. The largest absolute Gasteiger partial charge is 0.480 e. The van der Waals surface area contributed by atoms with Crippen LogP contribution < -0.4 is 5.32 Å². The van der Waals surface area contributed by atoms with Crippen LogP contribution in [0.4, 0.5) is 23.7 Å². The topological polar surface area (TPSA) is 69.6 Å². The maximum atomic E-state index is 13.4. The van der Waals surface area contributed by atoms with Gasteiger partial charge in [0.25, 0.3) is 0 Å². The molecule has 0 aliphatic heterocycles. The quantitative estimate of drug-likeness (QED) is 0.878. The number of amides is 2. The first-order valence-corrected chi connectivity index (χ1v) is 6.13. The van der Waals surface area contributed by atoms with Crippen LogP contribution in [0.1, 0.15) is 13.8 Å². The van der Waals surface area contributed by atoms with E-state index in [2.05, 4.69) is 0 Å². The van der Waals surface area contributed by atoms with E-state index in [1.54, 1.807) is 13.8 Å². The van der Waals surface area contributed by atoms with Crippen molar-refractivity contribution in [2.45, 2.75) is 13.8 Å². The van der Waals surface area contributed by atoms with Gasteiger partial charge in [0.1, 0.15) is 18.0 Å². The summed E-state index contributed by atoms with van der Waals surface area (Å²) < 4.78 is 39.6. The number of nitrogens with one attached hydrogen (secondary N) is 1. The fraction of sp³-hybridized carbons (Fsp3) is 0.385. The predicted octanol–water partition coefficient (Wildman–Crippen LogP) is 2.68. The van der Waals surface area contributed by atoms with Crippen molar-refractivity contribution in [1.29, 1.82) is 0 Å². The number of nitrogens with zero attached hydrogens (tertiary/aromatic N) is 1. The maximum Gasteiger partial charge on any atom is 0.323 e. The van der Waals surface area contributed by atoms with E-state index in [0.29, 0.717) is 12.1 Å². The molecule has 2 amide bonds. The highest BCUT2D eigenvalue weighted by Crippen LogP contribution is 2.20. The molecule has 0 bridgehead atoms. The number of carbonyl (C=O) groups is 2. The molecular formula is C13H15F3N2O3. The second kappa shape index (κ2) is 6.96. The molecule has 21 heavy (non-hydrogen) atoms. The van der Waals surface area contributed by atoms with Gasteiger partial charge >= 0.3 is 12.0 Å². The molecule has 0 fully saturated rings. The Kier molecular flexibility index (Phi) is 5.57. The Bertz CT molecular complexity index is 526. The normalized spacial score (nSPS) is 10.6. The van der Waals surface area contributed by atoms with Crippen molar-refractivity contribution in [3.63, 3.8) is 0 Å². The van der Waals surface area contributed by atoms with Crippen LogP contribution in [0.3, 0.4) is 0 Å². The molecule has 0 saturated heterocycles. The zero-order chi connectivity index (χ0) is 16.2. The van der Waals surface area contributed by atoms with E-state index in [-0.39, 0.29) is 12.5 Å². The van der Waals surface area contributed by atoms with Crippen LogP contribution in [0.5, 0.6) is 0 Å². The number of hydrogen-bond donors (Lipinski definition) is 2. The lowest BCUT2D eigenvalue weighted by molar-refractivity contribution is -0.137. The molecule has 1 aromatic rings. The minimum absolute atomic E-state index is 0.0435. The second-order valence-corrected chi connectivity index (χ2v) is 4.84. The van der Waals surface area contributed by atoms with Gasteiger partial charge in [-0.3, -0.25) is 4.79 Å². The Morgan fingerprint density at radius 2 is 1.76 bits per heavy atom. The lowest BCUT2D eigenvalue weighted by Crippen LogP contribution is -2.41. The summed E-state index contributed by atoms with van der Waals surface area (Å²) in [5, 5.41) is 10.7. The Balaban J connectivity index is 2.93. The van der Waals surface area contributed by atoms with Gasteiger partial charge in [-0.05, 0) is 5.92 Å². The van der Waals surface area contributed by atoms with E-state index in [1.807, 2.05) is 5.32 Å². The van der Waals surface area contributed by atoms with Crippen LogP contribution in [0.2, 0.25) is 0 Å². The third-order valence-electron chi connectivity index (χ3n) is 2.44. The van der Waals surface area contributed by atoms with Gasteiger partial charge in [-0.1, -0.05) is 13.8 Å². The minimum atomic E-state index is -1.28. The third-order valence-corrected chi connectivity index (χ3v) is 2.44. The lowest BCUT2D eigenvalue weighted by atomic mass is 10.2. The van der Waals surface area contributed by atoms with Crippen LogP contribution in [0.15, 0.2) is 12.1 Å². The summed E-state index contributed by atoms with van der Waals surface area (Å²) in [7, 11) is 0. The van der Waals surface area contributed by atoms with E-state index >= 15 is 0 Å². The van der Waals surface area contributed by atoms with Crippen LogP contribution in [0.25, 0.3) is 0 Å². The molecule has 0 radical (unpaired) electrons. The van der Waals surface area contributed by atoms with Crippen molar-refractivity contribution in [3.05, 3.63) is 29.6 Å². The first kappa shape index (κ1) is 16.8. The monoisotopic (exact) mass is 304 g/mol. The highest BCUT2D eigenvalue weighted by atomic mass is 19.1. The smallest absolute Gasteiger partial charge is 0.323 e. The van der Waals surface area contributed by atoms with E-state index in [0.717, 1.165) is 4.90 Å². The summed E-state index contributed by atoms with van der Waals surface area (Å²) in [6.45, 7) is 2.97. The molecule has 0 unspecified atom stereocenters. The fourth-order valence-corrected chi connectivity index (χ4v) is 1.67. The molecule has 0 spiro atoms. The summed E-state index contributed by atoms with van der Waals surface area (Å²) >= 11 is 0. The van der Waals surface area contributed by atoms with E-state index in [1.165, 1.54) is 0 Å². The summed E-state index contributed by atoms with van der Waals surface area (Å²) in [5.74, 6) is -4.97. The van der Waals surface area contributed by atoms with Crippen LogP contribution in [-0.2, 0) is 4.79 Å². The summed E-state index contributed by atoms with van der Waals surface area (Å²) in [4.78, 5) is 23.5. The minimum Gasteiger partial charge on any atom is -0.480 e. The number of carboxylic acid groups (broad SMARTS) is 1. The maximum absolute atomic E-state index is 13.4.